The van der Waals surface area contributed by atoms with E-state index in [2.05, 4.69) is 21.3 Å². The Morgan fingerprint density at radius 3 is 1.93 bits per heavy atom. The molecule has 0 saturated heterocycles. The highest BCUT2D eigenvalue weighted by atomic mass is 16.4. The van der Waals surface area contributed by atoms with E-state index in [0.29, 0.717) is 11.3 Å². The predicted octanol–water partition coefficient (Wildman–Crippen LogP) is 3.11. The quantitative estimate of drug-likeness (QED) is 0.193. The van der Waals surface area contributed by atoms with Gasteiger partial charge < -0.3 is 30.8 Å². The van der Waals surface area contributed by atoms with Crippen molar-refractivity contribution in [1.82, 2.24) is 16.0 Å². The van der Waals surface area contributed by atoms with Crippen molar-refractivity contribution >= 4 is 46.3 Å². The molecule has 1 heterocycles. The number of aryl methyl sites for hydroxylation is 1. The number of anilines is 1. The monoisotopic (exact) mass is 600 g/mol. The number of benzene rings is 1. The van der Waals surface area contributed by atoms with E-state index in [1.807, 2.05) is 27.7 Å². The van der Waals surface area contributed by atoms with Crippen LogP contribution in [0.1, 0.15) is 72.8 Å². The van der Waals surface area contributed by atoms with E-state index >= 15 is 0 Å². The summed E-state index contributed by atoms with van der Waals surface area (Å²) in [5.41, 5.74) is 0.937. The first-order valence-corrected chi connectivity index (χ1v) is 14.5. The van der Waals surface area contributed by atoms with E-state index in [1.54, 1.807) is 39.0 Å². The van der Waals surface area contributed by atoms with Gasteiger partial charge >= 0.3 is 11.6 Å². The largest absolute Gasteiger partial charge is 0.481 e. The van der Waals surface area contributed by atoms with Crippen LogP contribution in [0.3, 0.4) is 0 Å². The minimum absolute atomic E-state index is 0.00629. The van der Waals surface area contributed by atoms with E-state index in [9.17, 15) is 28.8 Å². The third-order valence-corrected chi connectivity index (χ3v) is 6.73. The van der Waals surface area contributed by atoms with E-state index < -0.39 is 53.3 Å². The third-order valence-electron chi connectivity index (χ3n) is 6.73. The number of rotatable bonds is 15. The first-order valence-electron chi connectivity index (χ1n) is 14.5. The molecule has 0 radical (unpaired) electrons. The molecule has 0 aliphatic rings. The van der Waals surface area contributed by atoms with E-state index in [-0.39, 0.29) is 43.4 Å². The standard InChI is InChI=1S/C31H44N4O8/c1-16(2)12-22(33-25(36)10-11-26(37)38)29(40)34-23(13-17(3)4)30(41)35-28(18(5)6)31(42)32-20-8-9-21-19(7)14-27(39)43-24(21)15-20/h8-9,14-18,22-23,28H,10-13H2,1-7H3,(H,32,42)(H,33,36)(H,34,40)(H,35,41)(H,37,38)/t22-,23-,28-/m0/s1. The Kier molecular flexibility index (Phi) is 12.9. The molecule has 0 bridgehead atoms. The summed E-state index contributed by atoms with van der Waals surface area (Å²) in [6.45, 7) is 12.8. The Bertz CT molecular complexity index is 1380. The molecule has 2 rings (SSSR count). The van der Waals surface area contributed by atoms with E-state index in [0.717, 1.165) is 10.9 Å². The number of carbonyl (C=O) groups excluding carboxylic acids is 4. The number of carboxylic acid groups (broad SMARTS) is 1. The molecule has 2 aromatic rings. The summed E-state index contributed by atoms with van der Waals surface area (Å²) in [4.78, 5) is 75.0. The van der Waals surface area contributed by atoms with Crippen LogP contribution >= 0.6 is 0 Å². The van der Waals surface area contributed by atoms with Gasteiger partial charge in [-0.1, -0.05) is 41.5 Å². The molecule has 3 atom stereocenters. The van der Waals surface area contributed by atoms with Crippen LogP contribution in [0.25, 0.3) is 11.0 Å². The molecule has 236 valence electrons. The van der Waals surface area contributed by atoms with Crippen molar-refractivity contribution < 1.29 is 33.5 Å². The number of carbonyl (C=O) groups is 5. The number of hydrogen-bond donors (Lipinski definition) is 5. The Morgan fingerprint density at radius 1 is 0.791 bits per heavy atom. The summed E-state index contributed by atoms with van der Waals surface area (Å²) in [7, 11) is 0. The summed E-state index contributed by atoms with van der Waals surface area (Å²) in [6, 6.07) is 3.41. The molecule has 1 aromatic heterocycles. The second-order valence-electron chi connectivity index (χ2n) is 12.0. The molecule has 0 unspecified atom stereocenters. The molecule has 1 aromatic carbocycles. The molecule has 43 heavy (non-hydrogen) atoms. The zero-order valence-corrected chi connectivity index (χ0v) is 25.9. The van der Waals surface area contributed by atoms with Crippen LogP contribution in [-0.4, -0.2) is 52.8 Å². The highest BCUT2D eigenvalue weighted by Crippen LogP contribution is 2.21. The molecule has 5 N–H and O–H groups in total. The zero-order valence-electron chi connectivity index (χ0n) is 25.9. The fraction of sp³-hybridized carbons (Fsp3) is 0.548. The van der Waals surface area contributed by atoms with Crippen molar-refractivity contribution in [3.05, 3.63) is 40.2 Å². The molecule has 4 amide bonds. The molecule has 0 aliphatic carbocycles. The van der Waals surface area contributed by atoms with Crippen LogP contribution in [0.5, 0.6) is 0 Å². The van der Waals surface area contributed by atoms with Gasteiger partial charge in [-0.25, -0.2) is 4.79 Å². The maximum atomic E-state index is 13.5. The Labute approximate surface area is 251 Å². The second kappa shape index (κ2) is 15.9. The molecule has 12 heteroatoms. The van der Waals surface area contributed by atoms with Crippen molar-refractivity contribution in [3.8, 4) is 0 Å². The number of hydrogen-bond acceptors (Lipinski definition) is 7. The van der Waals surface area contributed by atoms with Gasteiger partial charge in [0.1, 0.15) is 23.7 Å². The zero-order chi connectivity index (χ0) is 32.4. The molecule has 0 saturated carbocycles. The molecular formula is C31H44N4O8. The average Bonchev–Trinajstić information content (AvgIpc) is 2.88. The fourth-order valence-electron chi connectivity index (χ4n) is 4.58. The number of amides is 4. The van der Waals surface area contributed by atoms with E-state index in [1.165, 1.54) is 6.07 Å². The Balaban J connectivity index is 2.20. The van der Waals surface area contributed by atoms with Gasteiger partial charge in [0.05, 0.1) is 6.42 Å². The van der Waals surface area contributed by atoms with Gasteiger partial charge in [0, 0.05) is 29.6 Å². The minimum atomic E-state index is -1.13. The molecular weight excluding hydrogens is 556 g/mol. The SMILES string of the molecule is Cc1cc(=O)oc2cc(NC(=O)[C@@H](NC(=O)[C@H](CC(C)C)NC(=O)[C@H](CC(C)C)NC(=O)CCC(=O)O)C(C)C)ccc12. The van der Waals surface area contributed by atoms with Crippen LogP contribution in [0, 0.1) is 24.7 Å². The van der Waals surface area contributed by atoms with Crippen molar-refractivity contribution in [3.63, 3.8) is 0 Å². The van der Waals surface area contributed by atoms with Gasteiger partial charge in [0.25, 0.3) is 0 Å². The smallest absolute Gasteiger partial charge is 0.336 e. The van der Waals surface area contributed by atoms with Gasteiger partial charge in [0.2, 0.25) is 23.6 Å². The minimum Gasteiger partial charge on any atom is -0.481 e. The summed E-state index contributed by atoms with van der Waals surface area (Å²) in [5, 5.41) is 20.4. The van der Waals surface area contributed by atoms with Crippen molar-refractivity contribution in [2.45, 2.75) is 92.3 Å². The lowest BCUT2D eigenvalue weighted by atomic mass is 9.98. The highest BCUT2D eigenvalue weighted by molar-refractivity contribution is 6.00. The number of aliphatic carboxylic acids is 1. The number of carboxylic acids is 1. The maximum absolute atomic E-state index is 13.5. The first kappa shape index (κ1) is 35.0. The lowest BCUT2D eigenvalue weighted by molar-refractivity contribution is -0.139. The van der Waals surface area contributed by atoms with Crippen molar-refractivity contribution in [1.29, 1.82) is 0 Å². The molecule has 0 spiro atoms. The van der Waals surface area contributed by atoms with Crippen LogP contribution in [0.4, 0.5) is 5.69 Å². The van der Waals surface area contributed by atoms with Crippen LogP contribution in [-0.2, 0) is 24.0 Å². The molecule has 12 nitrogen and oxygen atoms in total. The summed E-state index contributed by atoms with van der Waals surface area (Å²) in [6.07, 6.45) is -0.0923. The Hall–Kier alpha value is -4.22. The topological polar surface area (TPSA) is 184 Å². The third kappa shape index (κ3) is 11.2. The summed E-state index contributed by atoms with van der Waals surface area (Å²) < 4.78 is 5.26. The second-order valence-corrected chi connectivity index (χ2v) is 12.0. The van der Waals surface area contributed by atoms with Crippen LogP contribution in [0.15, 0.2) is 33.5 Å². The maximum Gasteiger partial charge on any atom is 0.336 e. The van der Waals surface area contributed by atoms with Crippen molar-refractivity contribution in [2.24, 2.45) is 17.8 Å². The first-order chi connectivity index (χ1) is 20.1. The van der Waals surface area contributed by atoms with Crippen LogP contribution < -0.4 is 26.9 Å². The molecule has 0 fully saturated rings. The van der Waals surface area contributed by atoms with Gasteiger partial charge in [0.15, 0.2) is 0 Å². The lowest BCUT2D eigenvalue weighted by Gasteiger charge is -2.28. The number of nitrogens with one attached hydrogen (secondary N) is 4. The summed E-state index contributed by atoms with van der Waals surface area (Å²) >= 11 is 0. The van der Waals surface area contributed by atoms with Gasteiger partial charge in [-0.05, 0) is 55.2 Å². The normalized spacial score (nSPS) is 13.4. The fourth-order valence-corrected chi connectivity index (χ4v) is 4.58. The predicted molar refractivity (Wildman–Crippen MR) is 162 cm³/mol. The highest BCUT2D eigenvalue weighted by Gasteiger charge is 2.31. The number of fused-ring (bicyclic) bond motifs is 1. The Morgan fingerprint density at radius 2 is 1.37 bits per heavy atom. The lowest BCUT2D eigenvalue weighted by Crippen LogP contribution is -2.57. The average molecular weight is 601 g/mol. The van der Waals surface area contributed by atoms with E-state index in [4.69, 9.17) is 9.52 Å². The van der Waals surface area contributed by atoms with Crippen LogP contribution in [0.2, 0.25) is 0 Å². The van der Waals surface area contributed by atoms with Gasteiger partial charge in [-0.2, -0.15) is 0 Å². The van der Waals surface area contributed by atoms with Gasteiger partial charge in [-0.3, -0.25) is 24.0 Å². The molecule has 0 aliphatic heterocycles. The van der Waals surface area contributed by atoms with Gasteiger partial charge in [-0.15, -0.1) is 0 Å². The summed E-state index contributed by atoms with van der Waals surface area (Å²) in [5.74, 6) is -3.61. The van der Waals surface area contributed by atoms with Crippen molar-refractivity contribution in [2.75, 3.05) is 5.32 Å².